The molecule has 0 aliphatic heterocycles. The molecule has 1 aromatic carbocycles. The van der Waals surface area contributed by atoms with Crippen molar-refractivity contribution < 1.29 is 24.2 Å². The van der Waals surface area contributed by atoms with E-state index in [1.54, 1.807) is 32.9 Å². The van der Waals surface area contributed by atoms with Gasteiger partial charge in [-0.1, -0.05) is 12.1 Å². The van der Waals surface area contributed by atoms with Crippen molar-refractivity contribution in [3.05, 3.63) is 29.8 Å². The van der Waals surface area contributed by atoms with Crippen molar-refractivity contribution in [1.82, 2.24) is 0 Å². The predicted molar refractivity (Wildman–Crippen MR) is 76.6 cm³/mol. The molecule has 1 aromatic rings. The first kappa shape index (κ1) is 17.0. The summed E-state index contributed by atoms with van der Waals surface area (Å²) in [4.78, 5) is 24.2. The van der Waals surface area contributed by atoms with Gasteiger partial charge < -0.3 is 20.3 Å². The fourth-order valence-corrected chi connectivity index (χ4v) is 1.71. The average Bonchev–Trinajstić information content (AvgIpc) is 2.38. The molecule has 0 amide bonds. The van der Waals surface area contributed by atoms with Crippen LogP contribution in [0, 0.1) is 0 Å². The van der Waals surface area contributed by atoms with Crippen molar-refractivity contribution in [1.29, 1.82) is 0 Å². The highest BCUT2D eigenvalue weighted by Crippen LogP contribution is 2.20. The van der Waals surface area contributed by atoms with Gasteiger partial charge in [0.25, 0.3) is 0 Å². The van der Waals surface area contributed by atoms with Gasteiger partial charge in [0.1, 0.15) is 11.4 Å². The van der Waals surface area contributed by atoms with Crippen molar-refractivity contribution >= 4 is 11.9 Å². The molecule has 1 unspecified atom stereocenters. The van der Waals surface area contributed by atoms with E-state index in [0.717, 1.165) is 7.11 Å². The van der Waals surface area contributed by atoms with Crippen LogP contribution in [0.2, 0.25) is 0 Å². The molecule has 0 radical (unpaired) electrons. The summed E-state index contributed by atoms with van der Waals surface area (Å²) in [5.74, 6) is -1.64. The van der Waals surface area contributed by atoms with Gasteiger partial charge in [0.2, 0.25) is 5.54 Å². The Bertz CT molecular complexity index is 518. The van der Waals surface area contributed by atoms with E-state index >= 15 is 0 Å². The Hall–Kier alpha value is -2.08. The third-order valence-corrected chi connectivity index (χ3v) is 2.73. The predicted octanol–water partition coefficient (Wildman–Crippen LogP) is 1.15. The zero-order valence-corrected chi connectivity index (χ0v) is 12.7. The van der Waals surface area contributed by atoms with E-state index in [0.29, 0.717) is 5.56 Å². The number of carbonyl (C=O) groups excluding carboxylic acids is 2. The molecular formula is C15H21NO5. The van der Waals surface area contributed by atoms with Gasteiger partial charge in [0.05, 0.1) is 7.11 Å². The third-order valence-electron chi connectivity index (χ3n) is 2.73. The van der Waals surface area contributed by atoms with Gasteiger partial charge in [-0.05, 0) is 38.5 Å². The molecule has 0 saturated carbocycles. The summed E-state index contributed by atoms with van der Waals surface area (Å²) in [7, 11) is 1.16. The molecule has 116 valence electrons. The maximum Gasteiger partial charge on any atom is 0.338 e. The summed E-state index contributed by atoms with van der Waals surface area (Å²) in [5.41, 5.74) is 3.86. The first-order valence-electron chi connectivity index (χ1n) is 6.47. The molecular weight excluding hydrogens is 274 g/mol. The van der Waals surface area contributed by atoms with Gasteiger partial charge >= 0.3 is 11.9 Å². The molecule has 0 spiro atoms. The lowest BCUT2D eigenvalue weighted by Gasteiger charge is -2.29. The van der Waals surface area contributed by atoms with Crippen molar-refractivity contribution in [3.8, 4) is 5.75 Å². The zero-order chi connectivity index (χ0) is 16.3. The highest BCUT2D eigenvalue weighted by Gasteiger charge is 2.46. The number of rotatable bonds is 4. The first-order valence-corrected chi connectivity index (χ1v) is 6.47. The van der Waals surface area contributed by atoms with E-state index in [9.17, 15) is 14.7 Å². The normalized spacial score (nSPS) is 14.1. The van der Waals surface area contributed by atoms with E-state index in [1.807, 2.05) is 0 Å². The largest absolute Gasteiger partial charge is 0.508 e. The van der Waals surface area contributed by atoms with Crippen molar-refractivity contribution in [2.24, 2.45) is 5.73 Å². The fourth-order valence-electron chi connectivity index (χ4n) is 1.71. The Morgan fingerprint density at radius 2 is 1.67 bits per heavy atom. The second-order valence-corrected chi connectivity index (χ2v) is 5.81. The Kier molecular flexibility index (Phi) is 4.96. The van der Waals surface area contributed by atoms with Crippen LogP contribution in [0.15, 0.2) is 24.3 Å². The van der Waals surface area contributed by atoms with Gasteiger partial charge in [-0.2, -0.15) is 0 Å². The summed E-state index contributed by atoms with van der Waals surface area (Å²) >= 11 is 0. The summed E-state index contributed by atoms with van der Waals surface area (Å²) in [6.07, 6.45) is -0.0884. The quantitative estimate of drug-likeness (QED) is 0.638. The maximum atomic E-state index is 12.3. The SMILES string of the molecule is COC(=O)C(N)(Cc1ccc(O)cc1)C(=O)OC(C)(C)C. The van der Waals surface area contributed by atoms with E-state index in [-0.39, 0.29) is 12.2 Å². The Labute approximate surface area is 123 Å². The molecule has 0 aliphatic rings. The molecule has 0 bridgehead atoms. The molecule has 1 atom stereocenters. The molecule has 6 nitrogen and oxygen atoms in total. The van der Waals surface area contributed by atoms with Gasteiger partial charge in [-0.25, -0.2) is 9.59 Å². The summed E-state index contributed by atoms with van der Waals surface area (Å²) in [6.45, 7) is 5.05. The van der Waals surface area contributed by atoms with Gasteiger partial charge in [0, 0.05) is 6.42 Å². The van der Waals surface area contributed by atoms with Crippen molar-refractivity contribution in [2.45, 2.75) is 38.3 Å². The van der Waals surface area contributed by atoms with Crippen LogP contribution in [-0.2, 0) is 25.5 Å². The number of phenolic OH excluding ortho intramolecular Hbond substituents is 1. The Balaban J connectivity index is 3.06. The van der Waals surface area contributed by atoms with E-state index in [4.69, 9.17) is 10.5 Å². The number of ether oxygens (including phenoxy) is 2. The number of hydrogen-bond acceptors (Lipinski definition) is 6. The third kappa shape index (κ3) is 4.46. The molecule has 0 aliphatic carbocycles. The molecule has 0 saturated heterocycles. The number of carbonyl (C=O) groups is 2. The minimum absolute atomic E-state index is 0.0803. The molecule has 0 aromatic heterocycles. The van der Waals surface area contributed by atoms with Gasteiger partial charge in [0.15, 0.2) is 0 Å². The second kappa shape index (κ2) is 6.13. The minimum atomic E-state index is -1.93. The van der Waals surface area contributed by atoms with Crippen LogP contribution in [0.25, 0.3) is 0 Å². The molecule has 21 heavy (non-hydrogen) atoms. The molecule has 6 heteroatoms. The maximum absolute atomic E-state index is 12.3. The highest BCUT2D eigenvalue weighted by atomic mass is 16.6. The number of phenols is 1. The number of hydrogen-bond donors (Lipinski definition) is 2. The molecule has 0 heterocycles. The number of nitrogens with two attached hydrogens (primary N) is 1. The van der Waals surface area contributed by atoms with Gasteiger partial charge in [-0.3, -0.25) is 0 Å². The minimum Gasteiger partial charge on any atom is -0.508 e. The summed E-state index contributed by atoms with van der Waals surface area (Å²) in [6, 6.07) is 6.04. The van der Waals surface area contributed by atoms with Crippen LogP contribution < -0.4 is 5.73 Å². The summed E-state index contributed by atoms with van der Waals surface area (Å²) in [5, 5.41) is 9.26. The van der Waals surface area contributed by atoms with Crippen LogP contribution in [0.1, 0.15) is 26.3 Å². The monoisotopic (exact) mass is 295 g/mol. The number of aromatic hydroxyl groups is 1. The van der Waals surface area contributed by atoms with E-state index in [2.05, 4.69) is 4.74 Å². The summed E-state index contributed by atoms with van der Waals surface area (Å²) < 4.78 is 9.84. The zero-order valence-electron chi connectivity index (χ0n) is 12.7. The second-order valence-electron chi connectivity index (χ2n) is 5.81. The first-order chi connectivity index (χ1) is 9.58. The van der Waals surface area contributed by atoms with Crippen molar-refractivity contribution in [2.75, 3.05) is 7.11 Å². The number of methoxy groups -OCH3 is 1. The van der Waals surface area contributed by atoms with Gasteiger partial charge in [-0.15, -0.1) is 0 Å². The van der Waals surface area contributed by atoms with Crippen LogP contribution in [0.5, 0.6) is 5.75 Å². The van der Waals surface area contributed by atoms with E-state index in [1.165, 1.54) is 12.1 Å². The highest BCUT2D eigenvalue weighted by molar-refractivity contribution is 6.05. The van der Waals surface area contributed by atoms with Crippen LogP contribution in [-0.4, -0.2) is 35.3 Å². The lowest BCUT2D eigenvalue weighted by Crippen LogP contribution is -2.59. The smallest absolute Gasteiger partial charge is 0.338 e. The lowest BCUT2D eigenvalue weighted by molar-refractivity contribution is -0.170. The topological polar surface area (TPSA) is 98.9 Å². The fraction of sp³-hybridized carbons (Fsp3) is 0.467. The van der Waals surface area contributed by atoms with Crippen LogP contribution in [0.4, 0.5) is 0 Å². The molecule has 1 rings (SSSR count). The molecule has 3 N–H and O–H groups in total. The van der Waals surface area contributed by atoms with Crippen LogP contribution in [0.3, 0.4) is 0 Å². The van der Waals surface area contributed by atoms with Crippen molar-refractivity contribution in [3.63, 3.8) is 0 Å². The average molecular weight is 295 g/mol. The Morgan fingerprint density at radius 1 is 1.14 bits per heavy atom. The standard InChI is InChI=1S/C15H21NO5/c1-14(2,3)21-13(19)15(16,12(18)20-4)9-10-5-7-11(17)8-6-10/h5-8,17H,9,16H2,1-4H3. The molecule has 0 fully saturated rings. The van der Waals surface area contributed by atoms with Crippen LogP contribution >= 0.6 is 0 Å². The van der Waals surface area contributed by atoms with E-state index < -0.39 is 23.1 Å². The Morgan fingerprint density at radius 3 is 2.10 bits per heavy atom. The lowest BCUT2D eigenvalue weighted by atomic mass is 9.91. The number of esters is 2. The number of benzene rings is 1.